The van der Waals surface area contributed by atoms with Crippen molar-refractivity contribution in [3.05, 3.63) is 0 Å². The van der Waals surface area contributed by atoms with E-state index in [2.05, 4.69) is 5.32 Å². The Labute approximate surface area is 66.8 Å². The average Bonchev–Trinajstić information content (AvgIpc) is 1.97. The third-order valence-corrected chi connectivity index (χ3v) is 1.22. The molecule has 0 spiro atoms. The maximum absolute atomic E-state index is 10.4. The van der Waals surface area contributed by atoms with E-state index in [1.54, 1.807) is 6.92 Å². The van der Waals surface area contributed by atoms with Gasteiger partial charge in [0.2, 0.25) is 0 Å². The van der Waals surface area contributed by atoms with E-state index in [0.29, 0.717) is 13.0 Å². The van der Waals surface area contributed by atoms with Crippen LogP contribution in [0.3, 0.4) is 0 Å². The monoisotopic (exact) mass is 155 g/mol. The summed E-state index contributed by atoms with van der Waals surface area (Å²) in [6.45, 7) is 2.25. The van der Waals surface area contributed by atoms with E-state index in [9.17, 15) is 4.79 Å². The summed E-state index contributed by atoms with van der Waals surface area (Å²) in [4.78, 5) is 10.4. The molecule has 0 fully saturated rings. The van der Waals surface area contributed by atoms with Crippen molar-refractivity contribution in [2.24, 2.45) is 0 Å². The number of rotatable bonds is 4. The predicted molar refractivity (Wildman–Crippen MR) is 42.8 cm³/mol. The molecule has 0 aromatic heterocycles. The van der Waals surface area contributed by atoms with Gasteiger partial charge in [0.05, 0.1) is 6.10 Å². The molecule has 0 rings (SSSR count). The molecule has 62 valence electrons. The van der Waals surface area contributed by atoms with Gasteiger partial charge < -0.3 is 10.4 Å². The predicted octanol–water partition coefficient (Wildman–Crippen LogP) is -0.103. The SMILES string of the molecule is C#CC(=O)NCCCC(C)O. The maximum Gasteiger partial charge on any atom is 0.295 e. The summed E-state index contributed by atoms with van der Waals surface area (Å²) in [6, 6.07) is 0. The van der Waals surface area contributed by atoms with Gasteiger partial charge in [-0.2, -0.15) is 0 Å². The zero-order valence-electron chi connectivity index (χ0n) is 6.63. The van der Waals surface area contributed by atoms with Gasteiger partial charge in [-0.1, -0.05) is 0 Å². The fraction of sp³-hybridized carbons (Fsp3) is 0.625. The van der Waals surface area contributed by atoms with E-state index in [4.69, 9.17) is 11.5 Å². The van der Waals surface area contributed by atoms with Crippen molar-refractivity contribution in [2.45, 2.75) is 25.9 Å². The minimum Gasteiger partial charge on any atom is -0.393 e. The first-order valence-corrected chi connectivity index (χ1v) is 3.59. The average molecular weight is 155 g/mol. The molecule has 3 nitrogen and oxygen atoms in total. The third kappa shape index (κ3) is 6.88. The molecule has 0 radical (unpaired) electrons. The topological polar surface area (TPSA) is 49.3 Å². The summed E-state index contributed by atoms with van der Waals surface area (Å²) in [7, 11) is 0. The molecule has 3 heteroatoms. The van der Waals surface area contributed by atoms with Crippen LogP contribution in [0.2, 0.25) is 0 Å². The highest BCUT2D eigenvalue weighted by atomic mass is 16.3. The maximum atomic E-state index is 10.4. The lowest BCUT2D eigenvalue weighted by molar-refractivity contribution is -0.115. The summed E-state index contributed by atoms with van der Waals surface area (Å²) in [5.74, 6) is 1.55. The number of hydrogen-bond acceptors (Lipinski definition) is 2. The molecule has 0 aliphatic rings. The first-order valence-electron chi connectivity index (χ1n) is 3.59. The van der Waals surface area contributed by atoms with Crippen molar-refractivity contribution in [1.82, 2.24) is 5.32 Å². The van der Waals surface area contributed by atoms with Crippen LogP contribution in [0.1, 0.15) is 19.8 Å². The molecule has 1 atom stereocenters. The Hall–Kier alpha value is -1.01. The van der Waals surface area contributed by atoms with E-state index in [1.807, 2.05) is 5.92 Å². The lowest BCUT2D eigenvalue weighted by atomic mass is 10.2. The van der Waals surface area contributed by atoms with Crippen molar-refractivity contribution in [2.75, 3.05) is 6.54 Å². The molecule has 0 aliphatic carbocycles. The van der Waals surface area contributed by atoms with E-state index >= 15 is 0 Å². The summed E-state index contributed by atoms with van der Waals surface area (Å²) < 4.78 is 0. The van der Waals surface area contributed by atoms with Crippen molar-refractivity contribution in [1.29, 1.82) is 0 Å². The van der Waals surface area contributed by atoms with Crippen LogP contribution in [0.25, 0.3) is 0 Å². The van der Waals surface area contributed by atoms with Crippen LogP contribution in [-0.4, -0.2) is 23.7 Å². The molecule has 1 amide bonds. The molecular formula is C8H13NO2. The third-order valence-electron chi connectivity index (χ3n) is 1.22. The van der Waals surface area contributed by atoms with Gasteiger partial charge in [0.15, 0.2) is 0 Å². The number of aliphatic hydroxyl groups is 1. The Kier molecular flexibility index (Phi) is 5.22. The van der Waals surface area contributed by atoms with Crippen LogP contribution in [0.5, 0.6) is 0 Å². The Morgan fingerprint density at radius 2 is 2.45 bits per heavy atom. The second-order valence-corrected chi connectivity index (χ2v) is 2.39. The van der Waals surface area contributed by atoms with Crippen LogP contribution in [-0.2, 0) is 4.79 Å². The molecule has 0 aliphatic heterocycles. The zero-order chi connectivity index (χ0) is 8.69. The van der Waals surface area contributed by atoms with Crippen LogP contribution >= 0.6 is 0 Å². The lowest BCUT2D eigenvalue weighted by Crippen LogP contribution is -2.23. The molecule has 1 unspecified atom stereocenters. The van der Waals surface area contributed by atoms with Gasteiger partial charge in [-0.3, -0.25) is 4.79 Å². The zero-order valence-corrected chi connectivity index (χ0v) is 6.63. The summed E-state index contributed by atoms with van der Waals surface area (Å²) in [6.07, 6.45) is 5.94. The number of terminal acetylenes is 1. The number of carbonyl (C=O) groups excluding carboxylic acids is 1. The highest BCUT2D eigenvalue weighted by Crippen LogP contribution is 1.92. The summed E-state index contributed by atoms with van der Waals surface area (Å²) >= 11 is 0. The van der Waals surface area contributed by atoms with E-state index < -0.39 is 5.91 Å². The standard InChI is InChI=1S/C8H13NO2/c1-3-8(11)9-6-4-5-7(2)10/h1,7,10H,4-6H2,2H3,(H,9,11). The number of aliphatic hydroxyl groups excluding tert-OH is 1. The van der Waals surface area contributed by atoms with Gasteiger partial charge in [0.1, 0.15) is 0 Å². The van der Waals surface area contributed by atoms with Gasteiger partial charge in [0.25, 0.3) is 5.91 Å². The van der Waals surface area contributed by atoms with Crippen molar-refractivity contribution >= 4 is 5.91 Å². The first-order chi connectivity index (χ1) is 5.16. The normalized spacial score (nSPS) is 11.7. The molecule has 0 bridgehead atoms. The van der Waals surface area contributed by atoms with E-state index in [-0.39, 0.29) is 6.10 Å². The van der Waals surface area contributed by atoms with Gasteiger partial charge >= 0.3 is 0 Å². The Balaban J connectivity index is 3.16. The molecular weight excluding hydrogens is 142 g/mol. The van der Waals surface area contributed by atoms with E-state index in [0.717, 1.165) is 6.42 Å². The summed E-state index contributed by atoms with van der Waals surface area (Å²) in [5, 5.41) is 11.3. The largest absolute Gasteiger partial charge is 0.393 e. The molecule has 0 saturated heterocycles. The van der Waals surface area contributed by atoms with Crippen molar-refractivity contribution in [3.8, 4) is 12.3 Å². The Morgan fingerprint density at radius 1 is 1.82 bits per heavy atom. The number of hydrogen-bond donors (Lipinski definition) is 2. The van der Waals surface area contributed by atoms with Crippen LogP contribution < -0.4 is 5.32 Å². The van der Waals surface area contributed by atoms with Crippen molar-refractivity contribution in [3.63, 3.8) is 0 Å². The molecule has 0 saturated carbocycles. The fourth-order valence-corrected chi connectivity index (χ4v) is 0.650. The highest BCUT2D eigenvalue weighted by molar-refractivity contribution is 5.92. The highest BCUT2D eigenvalue weighted by Gasteiger charge is 1.96. The van der Waals surface area contributed by atoms with Crippen LogP contribution in [0.4, 0.5) is 0 Å². The first kappa shape index (κ1) is 9.99. The van der Waals surface area contributed by atoms with E-state index in [1.165, 1.54) is 0 Å². The second-order valence-electron chi connectivity index (χ2n) is 2.39. The quantitative estimate of drug-likeness (QED) is 0.440. The molecule has 11 heavy (non-hydrogen) atoms. The minimum absolute atomic E-state index is 0.308. The van der Waals surface area contributed by atoms with Gasteiger partial charge in [-0.25, -0.2) is 0 Å². The number of nitrogens with one attached hydrogen (secondary N) is 1. The smallest absolute Gasteiger partial charge is 0.295 e. The number of amides is 1. The summed E-state index contributed by atoms with van der Waals surface area (Å²) in [5.41, 5.74) is 0. The van der Waals surface area contributed by atoms with Crippen LogP contribution in [0.15, 0.2) is 0 Å². The molecule has 2 N–H and O–H groups in total. The second kappa shape index (κ2) is 5.75. The minimum atomic E-state index is -0.393. The van der Waals surface area contributed by atoms with Gasteiger partial charge in [-0.05, 0) is 25.7 Å². The Bertz CT molecular complexity index is 158. The van der Waals surface area contributed by atoms with Crippen molar-refractivity contribution < 1.29 is 9.90 Å². The Morgan fingerprint density at radius 3 is 2.91 bits per heavy atom. The lowest BCUT2D eigenvalue weighted by Gasteiger charge is -2.02. The fourth-order valence-electron chi connectivity index (χ4n) is 0.650. The molecule has 0 aromatic carbocycles. The number of carbonyl (C=O) groups is 1. The van der Waals surface area contributed by atoms with Crippen LogP contribution in [0, 0.1) is 12.3 Å². The molecule has 0 heterocycles. The van der Waals surface area contributed by atoms with Gasteiger partial charge in [-0.15, -0.1) is 6.42 Å². The van der Waals surface area contributed by atoms with Gasteiger partial charge in [0, 0.05) is 6.54 Å². The molecule has 0 aromatic rings.